The number of alkyl halides is 2. The summed E-state index contributed by atoms with van der Waals surface area (Å²) < 4.78 is 46.1. The number of nitrogens with one attached hydrogen (secondary N) is 12. The van der Waals surface area contributed by atoms with Gasteiger partial charge in [0.1, 0.15) is 58.4 Å². The summed E-state index contributed by atoms with van der Waals surface area (Å²) in [5, 5.41) is 25.3. The Kier molecular flexibility index (Phi) is 30.6. The maximum absolute atomic E-state index is 13.7. The monoisotopic (exact) mass is 1930 g/mol. The molecule has 0 spiro atoms. The number of carbonyl (C=O) groups is 13. The molecule has 20 atom stereocenters. The molecule has 12 N–H and O–H groups in total. The highest BCUT2D eigenvalue weighted by atomic mass is 35.5. The summed E-state index contributed by atoms with van der Waals surface area (Å²) in [6.07, 6.45) is 40.2. The molecule has 20 unspecified atom stereocenters. The molecule has 34 nitrogen and oxygen atoms in total. The van der Waals surface area contributed by atoms with Crippen LogP contribution in [0.3, 0.4) is 0 Å². The van der Waals surface area contributed by atoms with Gasteiger partial charge in [0.05, 0.1) is 67.0 Å². The van der Waals surface area contributed by atoms with E-state index in [1.165, 1.54) is 25.3 Å². The zero-order valence-corrected chi connectivity index (χ0v) is 78.9. The Morgan fingerprint density at radius 3 is 1.14 bits per heavy atom. The summed E-state index contributed by atoms with van der Waals surface area (Å²) in [5.41, 5.74) is 4.03. The van der Waals surface area contributed by atoms with E-state index in [4.69, 9.17) is 51.5 Å². The van der Waals surface area contributed by atoms with Crippen molar-refractivity contribution < 1.29 is 90.1 Å². The number of aryl methyl sites for hydroxylation is 1. The number of fused-ring (bicyclic) bond motifs is 7. The predicted molar refractivity (Wildman–Crippen MR) is 508 cm³/mol. The number of nitrogens with zero attached hydrogens (tertiary/aromatic N) is 5. The molecule has 8 saturated heterocycles. The molecule has 0 radical (unpaired) electrons. The minimum atomic E-state index is -2.99. The number of carbonyl (C=O) groups excluding carboxylic acids is 13. The number of aromatic amines is 4. The lowest BCUT2D eigenvalue weighted by atomic mass is 9.92. The quantitative estimate of drug-likeness (QED) is 0.0179. The minimum absolute atomic E-state index is 0.0178. The predicted octanol–water partition coefficient (Wildman–Crippen LogP) is 8.21. The average Bonchev–Trinajstić information content (AvgIpc) is 1.61. The summed E-state index contributed by atoms with van der Waals surface area (Å²) in [4.78, 5) is 191. The van der Waals surface area contributed by atoms with Crippen LogP contribution in [0.4, 0.5) is 8.78 Å². The van der Waals surface area contributed by atoms with E-state index in [9.17, 15) is 71.1 Å². The Labute approximate surface area is 808 Å². The van der Waals surface area contributed by atoms with Crippen LogP contribution in [0.15, 0.2) is 66.9 Å². The number of H-pyrrole nitrogens is 4. The van der Waals surface area contributed by atoms with Gasteiger partial charge in [0.15, 0.2) is 0 Å². The highest BCUT2D eigenvalue weighted by Crippen LogP contribution is 2.48. The zero-order chi connectivity index (χ0) is 98.3. The Hall–Kier alpha value is -13.6. The third kappa shape index (κ3) is 21.1. The molecule has 2 aromatic carbocycles. The van der Waals surface area contributed by atoms with Gasteiger partial charge in [-0.2, -0.15) is 8.78 Å². The molecule has 8 aliphatic heterocycles. The molecule has 139 heavy (non-hydrogen) atoms. The van der Waals surface area contributed by atoms with E-state index < -0.39 is 60.9 Å². The van der Waals surface area contributed by atoms with E-state index in [0.717, 1.165) is 93.3 Å². The number of pyridine rings is 1. The van der Waals surface area contributed by atoms with Crippen LogP contribution < -0.4 is 56.7 Å². The highest BCUT2D eigenvalue weighted by Gasteiger charge is 2.55. The van der Waals surface area contributed by atoms with Gasteiger partial charge in [-0.25, -0.2) is 9.78 Å². The molecule has 19 rings (SSSR count). The number of halogens is 3. The van der Waals surface area contributed by atoms with Crippen LogP contribution in [-0.4, -0.2) is 250 Å². The number of amides is 12. The van der Waals surface area contributed by atoms with Gasteiger partial charge in [0.2, 0.25) is 53.1 Å². The number of benzene rings is 2. The van der Waals surface area contributed by atoms with Crippen LogP contribution in [0, 0.1) is 127 Å². The molecule has 12 fully saturated rings. The SMILES string of the molecule is C#CC(CC1CCNC1=O)NC(=O)C1C2CCCC2CN1C(=O)c1cc(C(=O)OCC)c(C)[nH]1.C#CC(CC1CCNC1=O)NC(=O)C1C2CCCC2CN1C(=O)c1cc2c(OC(F)F)cccc2[nH]1.C#CC(CC1CCNC1=O)NC(=O)C1C2CCCC2CN1C(=O)c1cc2c(OC)cc(Cl)cc2[nH]1.C#CC(CC1CCNC1=O)NC(=O)C1C2CCCC2CN1C(=O)c1cc2c(OC)nccc2[nH]1. The Morgan fingerprint density at radius 2 is 0.806 bits per heavy atom. The van der Waals surface area contributed by atoms with Crippen molar-refractivity contribution >= 4 is 121 Å². The summed E-state index contributed by atoms with van der Waals surface area (Å²) >= 11 is 6.19. The lowest BCUT2D eigenvalue weighted by Gasteiger charge is -2.28. The van der Waals surface area contributed by atoms with Crippen LogP contribution in [0.25, 0.3) is 32.7 Å². The number of rotatable bonds is 26. The third-order valence-electron chi connectivity index (χ3n) is 30.3. The Bertz CT molecular complexity index is 6080. The van der Waals surface area contributed by atoms with Crippen LogP contribution in [0.5, 0.6) is 17.4 Å². The van der Waals surface area contributed by atoms with Gasteiger partial charge >= 0.3 is 12.6 Å². The van der Waals surface area contributed by atoms with E-state index >= 15 is 0 Å². The first-order chi connectivity index (χ1) is 67.1. The van der Waals surface area contributed by atoms with Crippen LogP contribution in [-0.2, 0) is 43.1 Å². The number of terminal acetylenes is 4. The van der Waals surface area contributed by atoms with Crippen molar-refractivity contribution in [1.29, 1.82) is 0 Å². The smallest absolute Gasteiger partial charge is 0.387 e. The van der Waals surface area contributed by atoms with Crippen LogP contribution in [0.1, 0.15) is 193 Å². The second-order valence-corrected chi connectivity index (χ2v) is 38.9. The molecule has 13 heterocycles. The number of esters is 1. The first kappa shape index (κ1) is 98.4. The van der Waals surface area contributed by atoms with Gasteiger partial charge in [-0.1, -0.05) is 67.0 Å². The van der Waals surface area contributed by atoms with Crippen molar-refractivity contribution in [2.75, 3.05) is 73.2 Å². The van der Waals surface area contributed by atoms with Crippen molar-refractivity contribution in [2.24, 2.45) is 71.0 Å². The van der Waals surface area contributed by atoms with Gasteiger partial charge in [-0.15, -0.1) is 25.7 Å². The summed E-state index contributed by atoms with van der Waals surface area (Å²) in [7, 11) is 3.09. The molecule has 7 aromatic rings. The number of ether oxygens (including phenoxy) is 4. The standard InChI is InChI=1S/C26H29ClN4O4.C26H28F2N4O4.C25H29N5O4.C25H32N4O5/c1-3-17(9-14-7-8-28-24(14)32)29-25(33)23-18-6-4-5-15(18)13-31(23)26(34)21-12-19-20(30-21)10-16(27)11-22(19)35-2;1-2-16(11-14-9-10-29-23(14)33)30-24(34)22-17-6-3-5-15(17)13-32(22)25(35)20-12-18-19(31-20)7-4-8-21(18)36-26(27)28;1-3-16(11-14-7-9-26-22(14)31)28-23(32)21-17-6-4-5-15(17)13-30(21)25(33)20-12-18-19(29-20)8-10-27-24(18)34-2;1-4-17(11-15-9-10-26-22(15)30)28-23(31)21-18-8-6-7-16(18)13-29(21)24(32)20-12-19(14(3)27-20)25(33)34-5-2/h1,10-12,14-15,17-18,23,30H,4-9,13H2,2H3,(H,28,32)(H,29,33);1,4,7-8,12,14-17,22,26,31H,3,5-6,9-11,13H2,(H,29,33)(H,30,34);1,8,10,12,14-17,21,29H,4-7,9,11,13H2,2H3,(H,26,31)(H,28,32);1,12,15-18,21,27H,5-11,13H2,2-3H3,(H,26,30)(H,28,31). The normalized spacial score (nSPS) is 26.4. The molecule has 12 aliphatic rings. The molecule has 4 saturated carbocycles. The van der Waals surface area contributed by atoms with Gasteiger partial charge in [0, 0.05) is 109 Å². The van der Waals surface area contributed by atoms with Crippen molar-refractivity contribution in [3.05, 3.63) is 106 Å². The number of likely N-dealkylation sites (tertiary alicyclic amines) is 4. The summed E-state index contributed by atoms with van der Waals surface area (Å²) in [6.45, 7) is 5.15. The number of aromatic nitrogens is 5. The van der Waals surface area contributed by atoms with Gasteiger partial charge < -0.3 is 101 Å². The summed E-state index contributed by atoms with van der Waals surface area (Å²) in [5.74, 6) is 9.01. The molecule has 5 aromatic heterocycles. The van der Waals surface area contributed by atoms with Crippen molar-refractivity contribution in [1.82, 2.24) is 87.1 Å². The lowest BCUT2D eigenvalue weighted by molar-refractivity contribution is -0.127. The van der Waals surface area contributed by atoms with E-state index in [-0.39, 0.29) is 160 Å². The van der Waals surface area contributed by atoms with Crippen molar-refractivity contribution in [2.45, 2.75) is 197 Å². The first-order valence-electron chi connectivity index (χ1n) is 48.3. The number of hydrogen-bond acceptors (Lipinski definition) is 18. The fourth-order valence-electron chi connectivity index (χ4n) is 23.6. The third-order valence-corrected chi connectivity index (χ3v) is 30.6. The first-order valence-corrected chi connectivity index (χ1v) is 48.7. The van der Waals surface area contributed by atoms with Gasteiger partial charge in [-0.3, -0.25) is 57.5 Å². The van der Waals surface area contributed by atoms with E-state index in [1.54, 1.807) is 89.2 Å². The fourth-order valence-corrected chi connectivity index (χ4v) is 23.8. The highest BCUT2D eigenvalue weighted by molar-refractivity contribution is 6.31. The van der Waals surface area contributed by atoms with Crippen molar-refractivity contribution in [3.8, 4) is 66.8 Å². The van der Waals surface area contributed by atoms with Crippen LogP contribution in [0.2, 0.25) is 5.02 Å². The number of methoxy groups -OCH3 is 2. The van der Waals surface area contributed by atoms with Gasteiger partial charge in [-0.05, 0) is 219 Å². The number of hydrogen-bond donors (Lipinski definition) is 12. The zero-order valence-electron chi connectivity index (χ0n) is 78.1. The Morgan fingerprint density at radius 1 is 0.453 bits per heavy atom. The van der Waals surface area contributed by atoms with E-state index in [1.807, 2.05) is 0 Å². The molecular weight excluding hydrogens is 1810 g/mol. The molecule has 4 aliphatic carbocycles. The topological polar surface area (TPSA) is 444 Å². The fraction of sp³-hybridized carbons (Fsp3) is 0.529. The van der Waals surface area contributed by atoms with Gasteiger partial charge in [0.25, 0.3) is 23.6 Å². The van der Waals surface area contributed by atoms with E-state index in [0.29, 0.717) is 165 Å². The minimum Gasteiger partial charge on any atom is -0.496 e. The molecule has 0 bridgehead atoms. The Balaban J connectivity index is 0.000000134. The van der Waals surface area contributed by atoms with E-state index in [2.05, 4.69) is 95.9 Å². The molecule has 12 amide bonds. The lowest BCUT2D eigenvalue weighted by Crippen LogP contribution is -2.51. The average molecular weight is 1930 g/mol. The second kappa shape index (κ2) is 43.2. The van der Waals surface area contributed by atoms with Crippen LogP contribution >= 0.6 is 11.6 Å². The molecule has 37 heteroatoms. The molecule has 734 valence electrons. The maximum atomic E-state index is 13.7. The van der Waals surface area contributed by atoms with Crippen molar-refractivity contribution in [3.63, 3.8) is 0 Å². The molecular formula is C102H118ClF2N17O17. The second-order valence-electron chi connectivity index (χ2n) is 38.4. The summed E-state index contributed by atoms with van der Waals surface area (Å²) in [6, 6.07) is 11.5. The maximum Gasteiger partial charge on any atom is 0.387 e. The largest absolute Gasteiger partial charge is 0.496 e.